The Labute approximate surface area is 121 Å². The van der Waals surface area contributed by atoms with Crippen LogP contribution in [0.4, 0.5) is 4.39 Å². The van der Waals surface area contributed by atoms with E-state index in [1.165, 1.54) is 25.3 Å². The topological polar surface area (TPSA) is 84.9 Å². The summed E-state index contributed by atoms with van der Waals surface area (Å²) in [6, 6.07) is 3.94. The number of carbonyl (C=O) groups excluding carboxylic acids is 1. The monoisotopic (exact) mass is 297 g/mol. The Balaban J connectivity index is 2.53. The van der Waals surface area contributed by atoms with Gasteiger partial charge in [-0.25, -0.2) is 9.18 Å². The third kappa shape index (κ3) is 6.53. The first-order chi connectivity index (χ1) is 10.0. The number of benzene rings is 1. The smallest absolute Gasteiger partial charge is 0.328 e. The first-order valence-corrected chi connectivity index (χ1v) is 6.12. The summed E-state index contributed by atoms with van der Waals surface area (Å²) < 4.78 is 23.5. The predicted molar refractivity (Wildman–Crippen MR) is 73.5 cm³/mol. The third-order valence-corrected chi connectivity index (χ3v) is 2.36. The zero-order valence-electron chi connectivity index (χ0n) is 11.5. The minimum absolute atomic E-state index is 0.0793. The Morgan fingerprint density at radius 3 is 2.81 bits per heavy atom. The molecule has 0 unspecified atom stereocenters. The maximum absolute atomic E-state index is 13.7. The zero-order valence-corrected chi connectivity index (χ0v) is 11.5. The Hall–Kier alpha value is -2.41. The lowest BCUT2D eigenvalue weighted by Crippen LogP contribution is -2.31. The third-order valence-electron chi connectivity index (χ3n) is 2.36. The van der Waals surface area contributed by atoms with Crippen molar-refractivity contribution in [2.45, 2.75) is 0 Å². The van der Waals surface area contributed by atoms with Gasteiger partial charge in [0.1, 0.15) is 0 Å². The van der Waals surface area contributed by atoms with Crippen molar-refractivity contribution < 1.29 is 28.6 Å². The fourth-order valence-corrected chi connectivity index (χ4v) is 1.39. The van der Waals surface area contributed by atoms with Crippen molar-refractivity contribution in [2.24, 2.45) is 0 Å². The van der Waals surface area contributed by atoms with Gasteiger partial charge in [-0.2, -0.15) is 0 Å². The second kappa shape index (κ2) is 8.70. The normalized spacial score (nSPS) is 10.6. The number of methoxy groups -OCH3 is 1. The van der Waals surface area contributed by atoms with Gasteiger partial charge in [0.05, 0.1) is 6.61 Å². The molecule has 0 radical (unpaired) electrons. The first kappa shape index (κ1) is 16.6. The lowest BCUT2D eigenvalue weighted by Gasteiger charge is -2.08. The number of hydrogen-bond acceptors (Lipinski definition) is 4. The highest BCUT2D eigenvalue weighted by atomic mass is 19.1. The first-order valence-electron chi connectivity index (χ1n) is 6.12. The summed E-state index contributed by atoms with van der Waals surface area (Å²) in [5, 5.41) is 11.0. The van der Waals surface area contributed by atoms with E-state index < -0.39 is 11.8 Å². The molecule has 1 rings (SSSR count). The van der Waals surface area contributed by atoms with Gasteiger partial charge in [0.15, 0.2) is 18.2 Å². The molecule has 0 saturated carbocycles. The molecule has 1 aromatic rings. The molecule has 6 nitrogen and oxygen atoms in total. The van der Waals surface area contributed by atoms with Crippen molar-refractivity contribution in [1.29, 1.82) is 0 Å². The van der Waals surface area contributed by atoms with E-state index in [0.29, 0.717) is 18.7 Å². The molecule has 1 amide bonds. The quantitative estimate of drug-likeness (QED) is 0.554. The van der Waals surface area contributed by atoms with Crippen LogP contribution in [0.2, 0.25) is 0 Å². The lowest BCUT2D eigenvalue weighted by molar-refractivity contribution is -0.131. The molecular formula is C14H16FNO5. The minimum atomic E-state index is -1.12. The molecule has 0 aromatic heterocycles. The summed E-state index contributed by atoms with van der Waals surface area (Å²) in [6.07, 6.45) is 2.16. The van der Waals surface area contributed by atoms with Gasteiger partial charge in [0, 0.05) is 19.7 Å². The number of carboxylic acids is 1. The Morgan fingerprint density at radius 2 is 2.19 bits per heavy atom. The van der Waals surface area contributed by atoms with Crippen molar-refractivity contribution in [3.8, 4) is 5.75 Å². The van der Waals surface area contributed by atoms with Gasteiger partial charge in [-0.15, -0.1) is 0 Å². The van der Waals surface area contributed by atoms with Crippen LogP contribution in [0.15, 0.2) is 24.3 Å². The van der Waals surface area contributed by atoms with Crippen molar-refractivity contribution in [3.63, 3.8) is 0 Å². The SMILES string of the molecule is COCCNC(=O)COc1ccc(/C=C/C(=O)O)cc1F. The van der Waals surface area contributed by atoms with E-state index in [0.717, 1.165) is 12.1 Å². The number of halogens is 1. The molecular weight excluding hydrogens is 281 g/mol. The average Bonchev–Trinajstić information content (AvgIpc) is 2.44. The van der Waals surface area contributed by atoms with Crippen molar-refractivity contribution >= 4 is 18.0 Å². The molecule has 0 atom stereocenters. The molecule has 0 fully saturated rings. The molecule has 0 aliphatic rings. The fraction of sp³-hybridized carbons (Fsp3) is 0.286. The maximum Gasteiger partial charge on any atom is 0.328 e. The van der Waals surface area contributed by atoms with Gasteiger partial charge in [-0.3, -0.25) is 4.79 Å². The van der Waals surface area contributed by atoms with Gasteiger partial charge < -0.3 is 19.9 Å². The molecule has 0 aliphatic carbocycles. The number of rotatable bonds is 8. The zero-order chi connectivity index (χ0) is 15.7. The molecule has 7 heteroatoms. The van der Waals surface area contributed by atoms with E-state index in [1.807, 2.05) is 0 Å². The highest BCUT2D eigenvalue weighted by Gasteiger charge is 2.07. The number of aliphatic carboxylic acids is 1. The average molecular weight is 297 g/mol. The van der Waals surface area contributed by atoms with Crippen molar-refractivity contribution in [3.05, 3.63) is 35.7 Å². The predicted octanol–water partition coefficient (Wildman–Crippen LogP) is 1.06. The lowest BCUT2D eigenvalue weighted by atomic mass is 10.2. The van der Waals surface area contributed by atoms with E-state index in [2.05, 4.69) is 5.32 Å². The fourth-order valence-electron chi connectivity index (χ4n) is 1.39. The van der Waals surface area contributed by atoms with Crippen LogP contribution in [0.1, 0.15) is 5.56 Å². The van der Waals surface area contributed by atoms with Gasteiger partial charge in [-0.05, 0) is 23.8 Å². The van der Waals surface area contributed by atoms with E-state index >= 15 is 0 Å². The molecule has 1 aromatic carbocycles. The number of nitrogens with one attached hydrogen (secondary N) is 1. The van der Waals surface area contributed by atoms with Crippen LogP contribution in [0.5, 0.6) is 5.75 Å². The van der Waals surface area contributed by atoms with E-state index in [9.17, 15) is 14.0 Å². The number of ether oxygens (including phenoxy) is 2. The number of carbonyl (C=O) groups is 2. The summed E-state index contributed by atoms with van der Waals surface area (Å²) in [5.74, 6) is -2.26. The van der Waals surface area contributed by atoms with Gasteiger partial charge >= 0.3 is 5.97 Å². The van der Waals surface area contributed by atoms with E-state index in [-0.39, 0.29) is 18.3 Å². The number of hydrogen-bond donors (Lipinski definition) is 2. The van der Waals surface area contributed by atoms with E-state index in [1.54, 1.807) is 0 Å². The molecule has 0 bridgehead atoms. The summed E-state index contributed by atoms with van der Waals surface area (Å²) >= 11 is 0. The Bertz CT molecular complexity index is 530. The molecule has 2 N–H and O–H groups in total. The van der Waals surface area contributed by atoms with Crippen LogP contribution in [-0.2, 0) is 14.3 Å². The molecule has 0 heterocycles. The summed E-state index contributed by atoms with van der Waals surface area (Å²) in [6.45, 7) is 0.412. The van der Waals surface area contributed by atoms with Crippen LogP contribution in [-0.4, -0.2) is 43.9 Å². The van der Waals surface area contributed by atoms with Crippen molar-refractivity contribution in [1.82, 2.24) is 5.32 Å². The molecule has 0 aliphatic heterocycles. The Kier molecular flexibility index (Phi) is 6.90. The second-order valence-electron chi connectivity index (χ2n) is 3.99. The van der Waals surface area contributed by atoms with E-state index in [4.69, 9.17) is 14.6 Å². The summed E-state index contributed by atoms with van der Waals surface area (Å²) in [5.41, 5.74) is 0.381. The van der Waals surface area contributed by atoms with Gasteiger partial charge in [0.25, 0.3) is 5.91 Å². The van der Waals surface area contributed by atoms with Gasteiger partial charge in [0.2, 0.25) is 0 Å². The largest absolute Gasteiger partial charge is 0.481 e. The molecule has 114 valence electrons. The molecule has 21 heavy (non-hydrogen) atoms. The van der Waals surface area contributed by atoms with Crippen molar-refractivity contribution in [2.75, 3.05) is 26.9 Å². The summed E-state index contributed by atoms with van der Waals surface area (Å²) in [4.78, 5) is 21.7. The second-order valence-corrected chi connectivity index (χ2v) is 3.99. The maximum atomic E-state index is 13.7. The number of amides is 1. The van der Waals surface area contributed by atoms with Crippen LogP contribution < -0.4 is 10.1 Å². The highest BCUT2D eigenvalue weighted by Crippen LogP contribution is 2.19. The summed E-state index contributed by atoms with van der Waals surface area (Å²) in [7, 11) is 1.51. The number of carboxylic acid groups (broad SMARTS) is 1. The standard InChI is InChI=1S/C14H16FNO5/c1-20-7-6-16-13(17)9-21-12-4-2-10(8-11(12)15)3-5-14(18)19/h2-5,8H,6-7,9H2,1H3,(H,16,17)(H,18,19)/b5-3+. The van der Waals surface area contributed by atoms with Gasteiger partial charge in [-0.1, -0.05) is 6.07 Å². The van der Waals surface area contributed by atoms with Crippen LogP contribution in [0, 0.1) is 5.82 Å². The molecule has 0 saturated heterocycles. The highest BCUT2D eigenvalue weighted by molar-refractivity contribution is 5.85. The minimum Gasteiger partial charge on any atom is -0.481 e. The van der Waals surface area contributed by atoms with Crippen LogP contribution in [0.3, 0.4) is 0 Å². The molecule has 0 spiro atoms. The Morgan fingerprint density at radius 1 is 1.43 bits per heavy atom. The van der Waals surface area contributed by atoms with Crippen LogP contribution in [0.25, 0.3) is 6.08 Å². The van der Waals surface area contributed by atoms with Crippen LogP contribution >= 0.6 is 0 Å².